The molecule has 0 amide bonds. The first-order valence-electron chi connectivity index (χ1n) is 12.7. The van der Waals surface area contributed by atoms with Gasteiger partial charge < -0.3 is 9.47 Å². The molecule has 0 aliphatic rings. The van der Waals surface area contributed by atoms with Crippen LogP contribution in [0.15, 0.2) is 140 Å². The van der Waals surface area contributed by atoms with Crippen LogP contribution >= 0.6 is 0 Å². The van der Waals surface area contributed by atoms with Crippen molar-refractivity contribution >= 4 is 44.0 Å². The molecule has 37 heavy (non-hydrogen) atoms. The number of benzene rings is 6. The van der Waals surface area contributed by atoms with Crippen LogP contribution in [0.4, 0.5) is 11.4 Å². The molecule has 0 N–H and O–H groups in total. The monoisotopic (exact) mass is 474 g/mol. The fourth-order valence-electron chi connectivity index (χ4n) is 5.52. The van der Waals surface area contributed by atoms with Gasteiger partial charge >= 0.3 is 0 Å². The number of hydrogen-bond donors (Lipinski definition) is 0. The number of fused-ring (bicyclic) bond motifs is 5. The van der Waals surface area contributed by atoms with Crippen LogP contribution in [0.1, 0.15) is 0 Å². The van der Waals surface area contributed by atoms with E-state index in [1.54, 1.807) is 0 Å². The number of rotatable bonds is 4. The van der Waals surface area contributed by atoms with Gasteiger partial charge in [-0.15, -0.1) is 0 Å². The first kappa shape index (κ1) is 21.5. The van der Waals surface area contributed by atoms with Gasteiger partial charge in [0.2, 0.25) is 0 Å². The number of para-hydroxylation sites is 1. The SMILES string of the molecule is CN(c1ccccc1)c1ccc2c(c1)c1c3ccccc3ccc1n2-c1cccc(-c2ccccc2)c1. The minimum atomic E-state index is 1.17. The van der Waals surface area contributed by atoms with Gasteiger partial charge in [0.05, 0.1) is 11.0 Å². The van der Waals surface area contributed by atoms with Crippen molar-refractivity contribution < 1.29 is 0 Å². The van der Waals surface area contributed by atoms with E-state index < -0.39 is 0 Å². The quantitative estimate of drug-likeness (QED) is 0.247. The average Bonchev–Trinajstić information content (AvgIpc) is 3.32. The van der Waals surface area contributed by atoms with Gasteiger partial charge in [0.1, 0.15) is 0 Å². The zero-order valence-electron chi connectivity index (χ0n) is 20.7. The average molecular weight is 475 g/mol. The summed E-state index contributed by atoms with van der Waals surface area (Å²) in [6.45, 7) is 0. The molecule has 176 valence electrons. The highest BCUT2D eigenvalue weighted by molar-refractivity contribution is 6.21. The molecule has 0 bridgehead atoms. The van der Waals surface area contributed by atoms with Gasteiger partial charge in [0.15, 0.2) is 0 Å². The van der Waals surface area contributed by atoms with Crippen LogP contribution in [-0.4, -0.2) is 11.6 Å². The van der Waals surface area contributed by atoms with E-state index >= 15 is 0 Å². The summed E-state index contributed by atoms with van der Waals surface area (Å²) < 4.78 is 2.41. The zero-order valence-corrected chi connectivity index (χ0v) is 20.7. The Kier molecular flexibility index (Phi) is 5.04. The largest absolute Gasteiger partial charge is 0.345 e. The summed E-state index contributed by atoms with van der Waals surface area (Å²) in [5, 5.41) is 5.09. The number of hydrogen-bond acceptors (Lipinski definition) is 1. The molecule has 0 fully saturated rings. The maximum Gasteiger partial charge on any atom is 0.0547 e. The molecule has 6 aromatic carbocycles. The van der Waals surface area contributed by atoms with Crippen LogP contribution in [-0.2, 0) is 0 Å². The van der Waals surface area contributed by atoms with E-state index in [4.69, 9.17) is 0 Å². The molecule has 1 aromatic heterocycles. The number of anilines is 2. The topological polar surface area (TPSA) is 8.17 Å². The molecule has 0 saturated heterocycles. The fourth-order valence-corrected chi connectivity index (χ4v) is 5.52. The van der Waals surface area contributed by atoms with Crippen LogP contribution in [0.2, 0.25) is 0 Å². The van der Waals surface area contributed by atoms with Crippen LogP contribution in [0.3, 0.4) is 0 Å². The Morgan fingerprint density at radius 2 is 1.19 bits per heavy atom. The van der Waals surface area contributed by atoms with E-state index in [1.165, 1.54) is 60.8 Å². The highest BCUT2D eigenvalue weighted by Crippen LogP contribution is 2.39. The van der Waals surface area contributed by atoms with E-state index in [2.05, 4.69) is 156 Å². The lowest BCUT2D eigenvalue weighted by Crippen LogP contribution is -2.08. The molecular formula is C35H26N2. The predicted molar refractivity (Wildman–Crippen MR) is 158 cm³/mol. The third-order valence-electron chi connectivity index (χ3n) is 7.38. The van der Waals surface area contributed by atoms with E-state index in [9.17, 15) is 0 Å². The Hall–Kier alpha value is -4.82. The van der Waals surface area contributed by atoms with Gasteiger partial charge in [0, 0.05) is 34.9 Å². The molecule has 7 aromatic rings. The zero-order chi connectivity index (χ0) is 24.8. The number of aromatic nitrogens is 1. The second kappa shape index (κ2) is 8.69. The smallest absolute Gasteiger partial charge is 0.0547 e. The number of nitrogens with zero attached hydrogens (tertiary/aromatic N) is 2. The second-order valence-corrected chi connectivity index (χ2v) is 9.53. The van der Waals surface area contributed by atoms with Crippen molar-refractivity contribution in [2.24, 2.45) is 0 Å². The normalized spacial score (nSPS) is 11.4. The standard InChI is InChI=1S/C35H26N2/c1-36(28-15-6-3-7-16-28)29-20-22-33-32(24-29)35-31-18-9-8-13-26(31)19-21-34(35)37(33)30-17-10-14-27(23-30)25-11-4-2-5-12-25/h2-24H,1H3. The van der Waals surface area contributed by atoms with Gasteiger partial charge in [-0.3, -0.25) is 0 Å². The fraction of sp³-hybridized carbons (Fsp3) is 0.0286. The van der Waals surface area contributed by atoms with E-state index in [0.717, 1.165) is 0 Å². The van der Waals surface area contributed by atoms with Gasteiger partial charge in [-0.2, -0.15) is 0 Å². The summed E-state index contributed by atoms with van der Waals surface area (Å²) in [6.07, 6.45) is 0. The molecule has 0 radical (unpaired) electrons. The Balaban J connectivity index is 1.51. The van der Waals surface area contributed by atoms with Crippen molar-refractivity contribution in [3.05, 3.63) is 140 Å². The minimum absolute atomic E-state index is 1.17. The summed E-state index contributed by atoms with van der Waals surface area (Å²) in [5.74, 6) is 0. The molecule has 7 rings (SSSR count). The van der Waals surface area contributed by atoms with Gasteiger partial charge in [-0.1, -0.05) is 91.0 Å². The van der Waals surface area contributed by atoms with Crippen molar-refractivity contribution in [1.82, 2.24) is 4.57 Å². The highest BCUT2D eigenvalue weighted by atomic mass is 15.1. The lowest BCUT2D eigenvalue weighted by atomic mass is 10.0. The molecule has 0 unspecified atom stereocenters. The Labute approximate surface area is 216 Å². The summed E-state index contributed by atoms with van der Waals surface area (Å²) >= 11 is 0. The predicted octanol–water partition coefficient (Wildman–Crippen LogP) is 9.37. The molecule has 0 saturated carbocycles. The first-order valence-corrected chi connectivity index (χ1v) is 12.7. The van der Waals surface area contributed by atoms with Crippen LogP contribution < -0.4 is 4.90 Å². The molecule has 0 spiro atoms. The molecule has 2 heteroatoms. The molecule has 1 heterocycles. The maximum atomic E-state index is 2.41. The van der Waals surface area contributed by atoms with Crippen LogP contribution in [0.5, 0.6) is 0 Å². The molecule has 0 aliphatic carbocycles. The Bertz CT molecular complexity index is 1880. The molecule has 2 nitrogen and oxygen atoms in total. The third kappa shape index (κ3) is 3.57. The lowest BCUT2D eigenvalue weighted by molar-refractivity contribution is 1.18. The summed E-state index contributed by atoms with van der Waals surface area (Å²) in [4.78, 5) is 2.25. The van der Waals surface area contributed by atoms with Crippen molar-refractivity contribution in [2.45, 2.75) is 0 Å². The van der Waals surface area contributed by atoms with Gasteiger partial charge in [-0.05, 0) is 70.4 Å². The maximum absolute atomic E-state index is 2.41. The van der Waals surface area contributed by atoms with Crippen molar-refractivity contribution in [2.75, 3.05) is 11.9 Å². The molecule has 0 aliphatic heterocycles. The first-order chi connectivity index (χ1) is 18.3. The van der Waals surface area contributed by atoms with E-state index in [0.29, 0.717) is 0 Å². The highest BCUT2D eigenvalue weighted by Gasteiger charge is 2.17. The minimum Gasteiger partial charge on any atom is -0.345 e. The van der Waals surface area contributed by atoms with Crippen molar-refractivity contribution in [3.8, 4) is 16.8 Å². The van der Waals surface area contributed by atoms with Crippen molar-refractivity contribution in [3.63, 3.8) is 0 Å². The summed E-state index contributed by atoms with van der Waals surface area (Å²) in [7, 11) is 2.14. The van der Waals surface area contributed by atoms with Gasteiger partial charge in [-0.25, -0.2) is 0 Å². The van der Waals surface area contributed by atoms with E-state index in [1.807, 2.05) is 0 Å². The molecule has 0 atom stereocenters. The van der Waals surface area contributed by atoms with Crippen LogP contribution in [0.25, 0.3) is 49.4 Å². The third-order valence-corrected chi connectivity index (χ3v) is 7.38. The molecular weight excluding hydrogens is 448 g/mol. The Morgan fingerprint density at radius 3 is 2.03 bits per heavy atom. The van der Waals surface area contributed by atoms with Gasteiger partial charge in [0.25, 0.3) is 0 Å². The van der Waals surface area contributed by atoms with Crippen LogP contribution in [0, 0.1) is 0 Å². The van der Waals surface area contributed by atoms with E-state index in [-0.39, 0.29) is 0 Å². The lowest BCUT2D eigenvalue weighted by Gasteiger charge is -2.19. The summed E-state index contributed by atoms with van der Waals surface area (Å²) in [6, 6.07) is 50.1. The van der Waals surface area contributed by atoms with Crippen molar-refractivity contribution in [1.29, 1.82) is 0 Å². The second-order valence-electron chi connectivity index (χ2n) is 9.53. The summed E-state index contributed by atoms with van der Waals surface area (Å²) in [5.41, 5.74) is 8.38. The Morgan fingerprint density at radius 1 is 0.486 bits per heavy atom.